The van der Waals surface area contributed by atoms with Crippen molar-refractivity contribution in [2.24, 2.45) is 0 Å². The van der Waals surface area contributed by atoms with E-state index in [1.165, 1.54) is 12.1 Å². The van der Waals surface area contributed by atoms with E-state index in [1.54, 1.807) is 18.2 Å². The van der Waals surface area contributed by atoms with Gasteiger partial charge in [-0.15, -0.1) is 0 Å². The highest BCUT2D eigenvalue weighted by molar-refractivity contribution is 7.89. The lowest BCUT2D eigenvalue weighted by Crippen LogP contribution is -2.43. The van der Waals surface area contributed by atoms with Crippen LogP contribution in [0.5, 0.6) is 5.75 Å². The minimum atomic E-state index is -3.78. The normalized spacial score (nSPS) is 25.3. The molecule has 4 atom stereocenters. The highest BCUT2D eigenvalue weighted by Crippen LogP contribution is 2.49. The van der Waals surface area contributed by atoms with Crippen LogP contribution in [0.3, 0.4) is 0 Å². The van der Waals surface area contributed by atoms with Crippen LogP contribution in [0.4, 0.5) is 0 Å². The van der Waals surface area contributed by atoms with Crippen LogP contribution in [0.2, 0.25) is 0 Å². The SMILES string of the molecule is O=C(O)CCCc1cccc2c1OC1CC(O)C(NS(=O)(=O)c3ccccc3)C21. The van der Waals surface area contributed by atoms with Crippen molar-refractivity contribution >= 4 is 16.0 Å². The number of aliphatic carboxylic acids is 1. The van der Waals surface area contributed by atoms with E-state index in [4.69, 9.17) is 9.84 Å². The summed E-state index contributed by atoms with van der Waals surface area (Å²) in [5.41, 5.74) is 1.78. The Morgan fingerprint density at radius 3 is 2.62 bits per heavy atom. The number of aliphatic hydroxyl groups excluding tert-OH is 1. The van der Waals surface area contributed by atoms with Gasteiger partial charge in [-0.2, -0.15) is 0 Å². The third-order valence-electron chi connectivity index (χ3n) is 5.61. The van der Waals surface area contributed by atoms with Gasteiger partial charge in [0.05, 0.1) is 17.0 Å². The maximum atomic E-state index is 12.8. The average Bonchev–Trinajstić information content (AvgIpc) is 3.18. The first-order chi connectivity index (χ1) is 13.9. The maximum Gasteiger partial charge on any atom is 0.303 e. The third-order valence-corrected chi connectivity index (χ3v) is 7.09. The van der Waals surface area contributed by atoms with Crippen molar-refractivity contribution in [1.29, 1.82) is 0 Å². The Kier molecular flexibility index (Phi) is 5.33. The molecule has 1 aliphatic heterocycles. The van der Waals surface area contributed by atoms with Crippen molar-refractivity contribution in [2.75, 3.05) is 0 Å². The number of nitrogens with one attached hydrogen (secondary N) is 1. The van der Waals surface area contributed by atoms with E-state index in [2.05, 4.69) is 4.72 Å². The summed E-state index contributed by atoms with van der Waals surface area (Å²) < 4.78 is 34.3. The van der Waals surface area contributed by atoms with Crippen LogP contribution in [-0.4, -0.2) is 42.8 Å². The lowest BCUT2D eigenvalue weighted by molar-refractivity contribution is -0.137. The van der Waals surface area contributed by atoms with Crippen LogP contribution in [0, 0.1) is 0 Å². The summed E-state index contributed by atoms with van der Waals surface area (Å²) in [6.07, 6.45) is 0.302. The first-order valence-corrected chi connectivity index (χ1v) is 11.1. The molecule has 1 fully saturated rings. The van der Waals surface area contributed by atoms with E-state index in [0.717, 1.165) is 11.1 Å². The standard InChI is InChI=1S/C21H23NO6S/c23-16-12-17-19(20(16)22-29(26,27)14-8-2-1-3-9-14)15-10-4-6-13(21(15)28-17)7-5-11-18(24)25/h1-4,6,8-10,16-17,19-20,22-23H,5,7,11-12H2,(H,24,25). The molecule has 0 saturated heterocycles. The van der Waals surface area contributed by atoms with Gasteiger partial charge < -0.3 is 14.9 Å². The van der Waals surface area contributed by atoms with Gasteiger partial charge in [-0.25, -0.2) is 13.1 Å². The number of carboxylic acids is 1. The van der Waals surface area contributed by atoms with Gasteiger partial charge in [0.25, 0.3) is 0 Å². The summed E-state index contributed by atoms with van der Waals surface area (Å²) in [7, 11) is -3.78. The number of aliphatic hydroxyl groups is 1. The van der Waals surface area contributed by atoms with Gasteiger partial charge in [-0.05, 0) is 30.5 Å². The average molecular weight is 417 g/mol. The highest BCUT2D eigenvalue weighted by atomic mass is 32.2. The molecule has 2 aromatic carbocycles. The van der Waals surface area contributed by atoms with Gasteiger partial charge in [0.2, 0.25) is 10.0 Å². The van der Waals surface area contributed by atoms with E-state index in [9.17, 15) is 18.3 Å². The lowest BCUT2D eigenvalue weighted by Gasteiger charge is -2.22. The zero-order valence-electron chi connectivity index (χ0n) is 15.7. The smallest absolute Gasteiger partial charge is 0.303 e. The van der Waals surface area contributed by atoms with Crippen LogP contribution in [-0.2, 0) is 21.2 Å². The Labute approximate surface area is 169 Å². The maximum absolute atomic E-state index is 12.8. The highest BCUT2D eigenvalue weighted by Gasteiger charge is 2.51. The van der Waals surface area contributed by atoms with Crippen LogP contribution >= 0.6 is 0 Å². The lowest BCUT2D eigenvalue weighted by atomic mass is 9.92. The number of hydrogen-bond donors (Lipinski definition) is 3. The molecule has 1 saturated carbocycles. The van der Waals surface area contributed by atoms with Crippen molar-refractivity contribution in [1.82, 2.24) is 4.72 Å². The molecule has 1 heterocycles. The van der Waals surface area contributed by atoms with E-state index < -0.39 is 28.1 Å². The van der Waals surface area contributed by atoms with E-state index >= 15 is 0 Å². The molecule has 2 aromatic rings. The van der Waals surface area contributed by atoms with E-state index in [-0.39, 0.29) is 23.3 Å². The number of ether oxygens (including phenoxy) is 1. The van der Waals surface area contributed by atoms with Gasteiger partial charge in [-0.1, -0.05) is 36.4 Å². The van der Waals surface area contributed by atoms with Crippen LogP contribution < -0.4 is 9.46 Å². The fourth-order valence-corrected chi connectivity index (χ4v) is 5.62. The molecule has 154 valence electrons. The van der Waals surface area contributed by atoms with E-state index in [1.807, 2.05) is 18.2 Å². The molecule has 0 radical (unpaired) electrons. The largest absolute Gasteiger partial charge is 0.489 e. The molecule has 4 unspecified atom stereocenters. The number of fused-ring (bicyclic) bond motifs is 3. The zero-order chi connectivity index (χ0) is 20.6. The Morgan fingerprint density at radius 1 is 1.14 bits per heavy atom. The molecule has 0 aromatic heterocycles. The molecule has 7 nitrogen and oxygen atoms in total. The van der Waals surface area contributed by atoms with Gasteiger partial charge >= 0.3 is 5.97 Å². The molecular weight excluding hydrogens is 394 g/mol. The number of aryl methyl sites for hydroxylation is 1. The van der Waals surface area contributed by atoms with Gasteiger partial charge in [-0.3, -0.25) is 4.79 Å². The monoisotopic (exact) mass is 417 g/mol. The minimum absolute atomic E-state index is 0.0781. The second-order valence-corrected chi connectivity index (χ2v) is 9.24. The zero-order valence-corrected chi connectivity index (χ0v) is 16.5. The van der Waals surface area contributed by atoms with E-state index in [0.29, 0.717) is 25.0 Å². The number of para-hydroxylation sites is 1. The summed E-state index contributed by atoms with van der Waals surface area (Å²) >= 11 is 0. The number of hydrogen-bond acceptors (Lipinski definition) is 5. The van der Waals surface area contributed by atoms with Gasteiger partial charge in [0.15, 0.2) is 0 Å². The van der Waals surface area contributed by atoms with Gasteiger partial charge in [0.1, 0.15) is 11.9 Å². The number of rotatable bonds is 7. The molecular formula is C21H23NO6S. The third kappa shape index (κ3) is 3.88. The van der Waals surface area contributed by atoms with Crippen LogP contribution in [0.15, 0.2) is 53.4 Å². The summed E-state index contributed by atoms with van der Waals surface area (Å²) in [6.45, 7) is 0. The summed E-state index contributed by atoms with van der Waals surface area (Å²) in [4.78, 5) is 10.9. The van der Waals surface area contributed by atoms with Crippen molar-refractivity contribution in [3.05, 3.63) is 59.7 Å². The topological polar surface area (TPSA) is 113 Å². The minimum Gasteiger partial charge on any atom is -0.489 e. The first-order valence-electron chi connectivity index (χ1n) is 9.62. The molecule has 29 heavy (non-hydrogen) atoms. The molecule has 0 bridgehead atoms. The number of sulfonamides is 1. The van der Waals surface area contributed by atoms with Crippen molar-refractivity contribution in [3.8, 4) is 5.75 Å². The van der Waals surface area contributed by atoms with Crippen molar-refractivity contribution in [3.63, 3.8) is 0 Å². The van der Waals surface area contributed by atoms with Crippen LogP contribution in [0.1, 0.15) is 36.3 Å². The molecule has 8 heteroatoms. The molecule has 2 aliphatic rings. The summed E-state index contributed by atoms with van der Waals surface area (Å²) in [5.74, 6) is -0.435. The number of benzene rings is 2. The summed E-state index contributed by atoms with van der Waals surface area (Å²) in [5, 5.41) is 19.4. The Balaban J connectivity index is 1.59. The Morgan fingerprint density at radius 2 is 1.90 bits per heavy atom. The Hall–Kier alpha value is -2.42. The molecule has 3 N–H and O–H groups in total. The second-order valence-electron chi connectivity index (χ2n) is 7.53. The molecule has 1 aliphatic carbocycles. The fourth-order valence-electron chi connectivity index (χ4n) is 4.30. The number of carbonyl (C=O) groups is 1. The molecule has 0 spiro atoms. The first kappa shape index (κ1) is 19.9. The number of carboxylic acid groups (broad SMARTS) is 1. The molecule has 4 rings (SSSR count). The van der Waals surface area contributed by atoms with Crippen molar-refractivity contribution in [2.45, 2.75) is 54.7 Å². The predicted molar refractivity (Wildman–Crippen MR) is 105 cm³/mol. The van der Waals surface area contributed by atoms with Gasteiger partial charge in [0, 0.05) is 24.3 Å². The molecule has 0 amide bonds. The Bertz CT molecular complexity index is 1010. The van der Waals surface area contributed by atoms with Crippen molar-refractivity contribution < 1.29 is 28.2 Å². The predicted octanol–water partition coefficient (Wildman–Crippen LogP) is 2.05. The van der Waals surface area contributed by atoms with Crippen LogP contribution in [0.25, 0.3) is 0 Å². The fraction of sp³-hybridized carbons (Fsp3) is 0.381. The quantitative estimate of drug-likeness (QED) is 0.636. The second kappa shape index (κ2) is 7.78. The summed E-state index contributed by atoms with van der Waals surface area (Å²) in [6, 6.07) is 13.0.